The molecule has 54 heavy (non-hydrogen) atoms. The highest BCUT2D eigenvalue weighted by Gasteiger charge is 2.15. The monoisotopic (exact) mass is 682 g/mol. The fourth-order valence-electron chi connectivity index (χ4n) is 8.66. The molecule has 0 spiro atoms. The van der Waals surface area contributed by atoms with Crippen LogP contribution >= 0.6 is 0 Å². The van der Waals surface area contributed by atoms with Gasteiger partial charge in [-0.25, -0.2) is 0 Å². The van der Waals surface area contributed by atoms with Gasteiger partial charge in [-0.05, 0) is 152 Å². The molecular formula is C54H34. The Morgan fingerprint density at radius 3 is 1.39 bits per heavy atom. The molecule has 11 aromatic carbocycles. The summed E-state index contributed by atoms with van der Waals surface area (Å²) in [4.78, 5) is 0. The first-order valence-corrected chi connectivity index (χ1v) is 18.7. The Kier molecular flexibility index (Phi) is 6.97. The van der Waals surface area contributed by atoms with Gasteiger partial charge in [-0.3, -0.25) is 0 Å². The lowest BCUT2D eigenvalue weighted by atomic mass is 9.87. The van der Waals surface area contributed by atoms with E-state index in [1.807, 2.05) is 0 Å². The molecule has 0 N–H and O–H groups in total. The maximum atomic E-state index is 2.41. The number of benzene rings is 11. The molecule has 11 aromatic rings. The molecule has 0 saturated carbocycles. The highest BCUT2D eigenvalue weighted by molar-refractivity contribution is 6.16. The Hall–Kier alpha value is -7.02. The van der Waals surface area contributed by atoms with E-state index in [1.165, 1.54) is 109 Å². The van der Waals surface area contributed by atoms with Crippen LogP contribution < -0.4 is 0 Å². The molecule has 0 atom stereocenters. The van der Waals surface area contributed by atoms with E-state index in [0.29, 0.717) is 0 Å². The largest absolute Gasteiger partial charge is 0.0616 e. The third-order valence-corrected chi connectivity index (χ3v) is 11.4. The summed E-state index contributed by atoms with van der Waals surface area (Å²) in [5.74, 6) is 0. The first-order chi connectivity index (χ1) is 26.7. The normalized spacial score (nSPS) is 11.7. The molecule has 0 heterocycles. The van der Waals surface area contributed by atoms with E-state index >= 15 is 0 Å². The van der Waals surface area contributed by atoms with E-state index in [9.17, 15) is 0 Å². The van der Waals surface area contributed by atoms with Gasteiger partial charge >= 0.3 is 0 Å². The van der Waals surface area contributed by atoms with Crippen LogP contribution in [-0.4, -0.2) is 0 Å². The minimum absolute atomic E-state index is 1.22. The average molecular weight is 683 g/mol. The second-order valence-electron chi connectivity index (χ2n) is 14.5. The van der Waals surface area contributed by atoms with Crippen LogP contribution in [0, 0.1) is 0 Å². The Balaban J connectivity index is 1.15. The van der Waals surface area contributed by atoms with E-state index in [1.54, 1.807) is 0 Å². The van der Waals surface area contributed by atoms with Crippen molar-refractivity contribution < 1.29 is 0 Å². The van der Waals surface area contributed by atoms with E-state index in [-0.39, 0.29) is 0 Å². The molecule has 0 nitrogen and oxygen atoms in total. The molecule has 0 amide bonds. The van der Waals surface area contributed by atoms with Crippen molar-refractivity contribution in [3.05, 3.63) is 206 Å². The van der Waals surface area contributed by atoms with Crippen LogP contribution in [0.3, 0.4) is 0 Å². The summed E-state index contributed by atoms with van der Waals surface area (Å²) in [6, 6.07) is 76.4. The smallest absolute Gasteiger partial charge is 0.00264 e. The fraction of sp³-hybridized carbons (Fsp3) is 0. The number of fused-ring (bicyclic) bond motifs is 7. The zero-order valence-electron chi connectivity index (χ0n) is 29.6. The molecule has 0 bridgehead atoms. The van der Waals surface area contributed by atoms with Crippen molar-refractivity contribution in [3.8, 4) is 44.5 Å². The molecule has 11 rings (SSSR count). The van der Waals surface area contributed by atoms with Crippen LogP contribution in [0.25, 0.3) is 109 Å². The Labute approximate surface area is 314 Å². The second-order valence-corrected chi connectivity index (χ2v) is 14.5. The standard InChI is InChI=1S/C54H34/c1-3-12-37-28-39(22-20-35(37)10-1)41-26-27-49-47(30-41)32-45-25-24-42(40-23-21-36-11-2-4-13-38(36)29-40)33-53(45)54(49)46-16-9-15-43(31-46)52-34-44-14-5-6-17-48(44)50-18-7-8-19-51(50)52/h1-34H. The minimum atomic E-state index is 1.22. The zero-order valence-corrected chi connectivity index (χ0v) is 29.6. The van der Waals surface area contributed by atoms with Crippen molar-refractivity contribution in [2.24, 2.45) is 0 Å². The molecule has 0 heteroatoms. The predicted molar refractivity (Wildman–Crippen MR) is 233 cm³/mol. The van der Waals surface area contributed by atoms with Gasteiger partial charge in [0.05, 0.1) is 0 Å². The van der Waals surface area contributed by atoms with Crippen molar-refractivity contribution >= 4 is 64.6 Å². The first kappa shape index (κ1) is 30.6. The topological polar surface area (TPSA) is 0 Å². The maximum Gasteiger partial charge on any atom is -0.00264 e. The highest BCUT2D eigenvalue weighted by Crippen LogP contribution is 2.42. The van der Waals surface area contributed by atoms with Gasteiger partial charge in [0.2, 0.25) is 0 Å². The number of hydrogen-bond donors (Lipinski definition) is 0. The van der Waals surface area contributed by atoms with Crippen molar-refractivity contribution in [1.29, 1.82) is 0 Å². The molecule has 0 aliphatic rings. The molecule has 0 aliphatic heterocycles. The molecule has 0 fully saturated rings. The number of rotatable bonds is 4. The summed E-state index contributed by atoms with van der Waals surface area (Å²) in [7, 11) is 0. The quantitative estimate of drug-likeness (QED) is 0.128. The first-order valence-electron chi connectivity index (χ1n) is 18.7. The zero-order chi connectivity index (χ0) is 35.6. The lowest BCUT2D eigenvalue weighted by Crippen LogP contribution is -1.90. The average Bonchev–Trinajstić information content (AvgIpc) is 3.24. The molecule has 0 unspecified atom stereocenters. The van der Waals surface area contributed by atoms with Gasteiger partial charge in [-0.1, -0.05) is 164 Å². The molecular weight excluding hydrogens is 649 g/mol. The van der Waals surface area contributed by atoms with E-state index in [4.69, 9.17) is 0 Å². The van der Waals surface area contributed by atoms with E-state index in [2.05, 4.69) is 206 Å². The summed E-state index contributed by atoms with van der Waals surface area (Å²) in [6.45, 7) is 0. The van der Waals surface area contributed by atoms with Crippen molar-refractivity contribution in [1.82, 2.24) is 0 Å². The lowest BCUT2D eigenvalue weighted by Gasteiger charge is -2.17. The number of hydrogen-bond acceptors (Lipinski definition) is 0. The summed E-state index contributed by atoms with van der Waals surface area (Å²) in [6.07, 6.45) is 0. The van der Waals surface area contributed by atoms with Crippen LogP contribution in [0.2, 0.25) is 0 Å². The third-order valence-electron chi connectivity index (χ3n) is 11.4. The van der Waals surface area contributed by atoms with Crippen LogP contribution in [0.4, 0.5) is 0 Å². The van der Waals surface area contributed by atoms with Gasteiger partial charge in [0, 0.05) is 0 Å². The molecule has 250 valence electrons. The van der Waals surface area contributed by atoms with Crippen molar-refractivity contribution in [2.75, 3.05) is 0 Å². The van der Waals surface area contributed by atoms with Gasteiger partial charge < -0.3 is 0 Å². The molecule has 0 radical (unpaired) electrons. The fourth-order valence-corrected chi connectivity index (χ4v) is 8.66. The van der Waals surface area contributed by atoms with Gasteiger partial charge in [0.25, 0.3) is 0 Å². The van der Waals surface area contributed by atoms with Gasteiger partial charge in [0.1, 0.15) is 0 Å². The van der Waals surface area contributed by atoms with Crippen molar-refractivity contribution in [2.45, 2.75) is 0 Å². The Morgan fingerprint density at radius 1 is 0.185 bits per heavy atom. The lowest BCUT2D eigenvalue weighted by molar-refractivity contribution is 1.63. The second kappa shape index (κ2) is 12.3. The third kappa shape index (κ3) is 5.07. The Morgan fingerprint density at radius 2 is 0.685 bits per heavy atom. The summed E-state index contributed by atoms with van der Waals surface area (Å²) in [5, 5.41) is 15.1. The van der Waals surface area contributed by atoms with Gasteiger partial charge in [-0.15, -0.1) is 0 Å². The summed E-state index contributed by atoms with van der Waals surface area (Å²) in [5.41, 5.74) is 9.86. The van der Waals surface area contributed by atoms with Crippen LogP contribution in [0.5, 0.6) is 0 Å². The van der Waals surface area contributed by atoms with Crippen LogP contribution in [-0.2, 0) is 0 Å². The van der Waals surface area contributed by atoms with Crippen molar-refractivity contribution in [3.63, 3.8) is 0 Å². The van der Waals surface area contributed by atoms with Crippen LogP contribution in [0.1, 0.15) is 0 Å². The summed E-state index contributed by atoms with van der Waals surface area (Å²) < 4.78 is 0. The highest BCUT2D eigenvalue weighted by atomic mass is 14.2. The summed E-state index contributed by atoms with van der Waals surface area (Å²) >= 11 is 0. The maximum absolute atomic E-state index is 2.41. The Bertz CT molecular complexity index is 3270. The van der Waals surface area contributed by atoms with Gasteiger partial charge in [-0.2, -0.15) is 0 Å². The SMILES string of the molecule is c1cc(-c2c3ccc(-c4ccc5ccccc5c4)cc3cc3ccc(-c4ccc5ccccc5c4)cc23)cc(-c2cc3ccccc3c3ccccc23)c1. The molecule has 0 aromatic heterocycles. The van der Waals surface area contributed by atoms with Gasteiger partial charge in [0.15, 0.2) is 0 Å². The van der Waals surface area contributed by atoms with E-state index in [0.717, 1.165) is 0 Å². The van der Waals surface area contributed by atoms with Crippen LogP contribution in [0.15, 0.2) is 206 Å². The minimum Gasteiger partial charge on any atom is -0.0616 e. The molecule has 0 saturated heterocycles. The van der Waals surface area contributed by atoms with E-state index < -0.39 is 0 Å². The molecule has 0 aliphatic carbocycles. The predicted octanol–water partition coefficient (Wildman–Crippen LogP) is 15.3.